The number of carboxylic acids is 1. The number of fused-ring (bicyclic) bond motifs is 1. The Kier molecular flexibility index (Phi) is 4.27. The number of carboxylic acid groups (broad SMARTS) is 1. The summed E-state index contributed by atoms with van der Waals surface area (Å²) in [5.74, 6) is 1.40. The van der Waals surface area contributed by atoms with Crippen LogP contribution >= 0.6 is 0 Å². The van der Waals surface area contributed by atoms with Crippen molar-refractivity contribution in [1.82, 2.24) is 4.90 Å². The van der Waals surface area contributed by atoms with Crippen LogP contribution in [-0.2, 0) is 4.79 Å². The van der Waals surface area contributed by atoms with Crippen molar-refractivity contribution in [2.75, 3.05) is 6.61 Å². The molecule has 2 saturated heterocycles. The van der Waals surface area contributed by atoms with Crippen molar-refractivity contribution in [3.05, 3.63) is 29.1 Å². The number of rotatable bonds is 6. The molecule has 6 saturated carbocycles. The van der Waals surface area contributed by atoms with Crippen molar-refractivity contribution in [2.45, 2.75) is 82.2 Å². The molecule has 6 bridgehead atoms. The standard InChI is InChI=1S/C27H32FNO4/c28-22-9-23(33-13-27-10-14-3-15(11-27)5-16(4-14)12-27)20(17-1-2-17)8-21(22)25(30)29-19-6-18(7-19)24(29)26(31)32/h8-9,14-19,24H,1-7,10-13H2,(H,31,32)/t14?,15?,16?,18?,19?,24-,27?/m1/s1. The van der Waals surface area contributed by atoms with Crippen LogP contribution in [0.1, 0.15) is 86.0 Å². The lowest BCUT2D eigenvalue weighted by Crippen LogP contribution is -2.48. The first-order valence-corrected chi connectivity index (χ1v) is 12.9. The maximum absolute atomic E-state index is 15.3. The minimum atomic E-state index is -0.980. The van der Waals surface area contributed by atoms with Crippen molar-refractivity contribution in [3.63, 3.8) is 0 Å². The van der Waals surface area contributed by atoms with Gasteiger partial charge in [-0.1, -0.05) is 0 Å². The molecule has 1 aromatic rings. The molecule has 8 aliphatic rings. The highest BCUT2D eigenvalue weighted by atomic mass is 19.1. The van der Waals surface area contributed by atoms with Crippen LogP contribution in [0.3, 0.4) is 0 Å². The van der Waals surface area contributed by atoms with Crippen molar-refractivity contribution >= 4 is 11.9 Å². The van der Waals surface area contributed by atoms with E-state index in [-0.39, 0.29) is 22.9 Å². The second-order valence-electron chi connectivity index (χ2n) is 12.2. The van der Waals surface area contributed by atoms with Crippen LogP contribution in [0.4, 0.5) is 4.39 Å². The number of nitrogens with zero attached hydrogens (tertiary/aromatic N) is 1. The smallest absolute Gasteiger partial charge is 0.326 e. The fourth-order valence-electron chi connectivity index (χ4n) is 8.59. The van der Waals surface area contributed by atoms with Gasteiger partial charge in [-0.3, -0.25) is 4.79 Å². The largest absolute Gasteiger partial charge is 0.493 e. The Morgan fingerprint density at radius 1 is 1.03 bits per heavy atom. The van der Waals surface area contributed by atoms with Gasteiger partial charge in [0.1, 0.15) is 17.6 Å². The zero-order valence-electron chi connectivity index (χ0n) is 19.0. The zero-order valence-corrected chi connectivity index (χ0v) is 19.0. The molecule has 5 nitrogen and oxygen atoms in total. The third kappa shape index (κ3) is 3.15. The van der Waals surface area contributed by atoms with Crippen LogP contribution < -0.4 is 4.74 Å². The summed E-state index contributed by atoms with van der Waals surface area (Å²) in [6.07, 6.45) is 11.4. The van der Waals surface area contributed by atoms with E-state index < -0.39 is 23.7 Å². The van der Waals surface area contributed by atoms with E-state index in [2.05, 4.69) is 0 Å². The number of hydrogen-bond donors (Lipinski definition) is 1. The molecule has 1 N–H and O–H groups in total. The molecular weight excluding hydrogens is 421 g/mol. The lowest BCUT2D eigenvalue weighted by atomic mass is 9.50. The Morgan fingerprint density at radius 2 is 1.67 bits per heavy atom. The Labute approximate surface area is 193 Å². The number of benzene rings is 1. The molecule has 6 aliphatic carbocycles. The Balaban J connectivity index is 1.15. The second kappa shape index (κ2) is 6.96. The van der Waals surface area contributed by atoms with Gasteiger partial charge in [0.25, 0.3) is 5.91 Å². The predicted molar refractivity (Wildman–Crippen MR) is 119 cm³/mol. The van der Waals surface area contributed by atoms with Gasteiger partial charge in [-0.2, -0.15) is 0 Å². The Bertz CT molecular complexity index is 992. The first-order chi connectivity index (χ1) is 15.9. The van der Waals surface area contributed by atoms with Gasteiger partial charge < -0.3 is 14.7 Å². The van der Waals surface area contributed by atoms with Gasteiger partial charge in [-0.05, 0) is 105 Å². The molecule has 0 spiro atoms. The molecule has 0 radical (unpaired) electrons. The van der Waals surface area contributed by atoms with E-state index in [1.54, 1.807) is 6.07 Å². The second-order valence-corrected chi connectivity index (χ2v) is 12.2. The topological polar surface area (TPSA) is 66.8 Å². The molecule has 33 heavy (non-hydrogen) atoms. The van der Waals surface area contributed by atoms with Crippen LogP contribution in [0.25, 0.3) is 0 Å². The molecule has 9 rings (SSSR count). The Hall–Kier alpha value is -2.11. The average molecular weight is 454 g/mol. The molecule has 0 aromatic heterocycles. The predicted octanol–water partition coefficient (Wildman–Crippen LogP) is 4.99. The third-order valence-electron chi connectivity index (χ3n) is 9.82. The highest BCUT2D eigenvalue weighted by Gasteiger charge is 2.56. The van der Waals surface area contributed by atoms with Crippen LogP contribution in [-0.4, -0.2) is 40.6 Å². The highest BCUT2D eigenvalue weighted by Crippen LogP contribution is 2.60. The lowest BCUT2D eigenvalue weighted by Gasteiger charge is -2.56. The van der Waals surface area contributed by atoms with Gasteiger partial charge in [0.2, 0.25) is 0 Å². The number of carbonyl (C=O) groups is 2. The monoisotopic (exact) mass is 453 g/mol. The van der Waals surface area contributed by atoms with E-state index in [1.807, 2.05) is 0 Å². The normalized spacial score (nSPS) is 40.1. The molecule has 1 atom stereocenters. The minimum absolute atomic E-state index is 0.00491. The van der Waals surface area contributed by atoms with E-state index in [1.165, 1.54) is 49.5 Å². The summed E-state index contributed by atoms with van der Waals surface area (Å²) in [5, 5.41) is 9.62. The maximum Gasteiger partial charge on any atom is 0.326 e. The van der Waals surface area contributed by atoms with Crippen LogP contribution in [0.5, 0.6) is 5.75 Å². The first kappa shape index (κ1) is 20.3. The molecule has 1 aromatic carbocycles. The van der Waals surface area contributed by atoms with Gasteiger partial charge in [0.05, 0.1) is 12.2 Å². The number of carbonyl (C=O) groups excluding carboxylic acids is 1. The summed E-state index contributed by atoms with van der Waals surface area (Å²) in [5.41, 5.74) is 1.19. The highest BCUT2D eigenvalue weighted by molar-refractivity contribution is 5.98. The van der Waals surface area contributed by atoms with Crippen LogP contribution in [0.2, 0.25) is 0 Å². The number of aliphatic carboxylic acids is 1. The van der Waals surface area contributed by atoms with E-state index in [0.29, 0.717) is 31.1 Å². The summed E-state index contributed by atoms with van der Waals surface area (Å²) >= 11 is 0. The third-order valence-corrected chi connectivity index (χ3v) is 9.82. The molecule has 0 unspecified atom stereocenters. The van der Waals surface area contributed by atoms with E-state index >= 15 is 4.39 Å². The van der Waals surface area contributed by atoms with Crippen molar-refractivity contribution in [1.29, 1.82) is 0 Å². The average Bonchev–Trinajstić information content (AvgIpc) is 3.40. The van der Waals surface area contributed by atoms with E-state index in [4.69, 9.17) is 4.74 Å². The maximum atomic E-state index is 15.3. The van der Waals surface area contributed by atoms with Crippen molar-refractivity contribution in [3.8, 4) is 5.75 Å². The molecule has 2 heterocycles. The lowest BCUT2D eigenvalue weighted by molar-refractivity contribution is -0.141. The Morgan fingerprint density at radius 3 is 2.24 bits per heavy atom. The SMILES string of the molecule is O=C(O)[C@H]1C2CC(C2)N1C(=O)c1cc(C2CC2)c(OCC23CC4CC(CC(C4)C2)C3)cc1F. The fourth-order valence-corrected chi connectivity index (χ4v) is 8.59. The van der Waals surface area contributed by atoms with Gasteiger partial charge in [0, 0.05) is 17.5 Å². The first-order valence-electron chi connectivity index (χ1n) is 12.9. The number of hydrogen-bond acceptors (Lipinski definition) is 3. The van der Waals surface area contributed by atoms with Crippen LogP contribution in [0.15, 0.2) is 12.1 Å². The van der Waals surface area contributed by atoms with E-state index in [0.717, 1.165) is 36.2 Å². The minimum Gasteiger partial charge on any atom is -0.493 e. The van der Waals surface area contributed by atoms with Gasteiger partial charge in [-0.25, -0.2) is 9.18 Å². The van der Waals surface area contributed by atoms with Crippen molar-refractivity contribution in [2.24, 2.45) is 29.1 Å². The number of ether oxygens (including phenoxy) is 1. The van der Waals surface area contributed by atoms with Crippen molar-refractivity contribution < 1.29 is 23.8 Å². The van der Waals surface area contributed by atoms with Gasteiger partial charge in [0.15, 0.2) is 0 Å². The van der Waals surface area contributed by atoms with Gasteiger partial charge >= 0.3 is 5.97 Å². The summed E-state index contributed by atoms with van der Waals surface area (Å²) in [6.45, 7) is 0.653. The number of halogens is 1. The molecule has 8 fully saturated rings. The molecule has 176 valence electrons. The summed E-state index contributed by atoms with van der Waals surface area (Å²) in [4.78, 5) is 26.5. The fraction of sp³-hybridized carbons (Fsp3) is 0.704. The van der Waals surface area contributed by atoms with E-state index in [9.17, 15) is 14.7 Å². The molecule has 2 aliphatic heterocycles. The molecular formula is C27H32FNO4. The van der Waals surface area contributed by atoms with Crippen LogP contribution in [0, 0.1) is 34.9 Å². The quantitative estimate of drug-likeness (QED) is 0.659. The van der Waals surface area contributed by atoms with Gasteiger partial charge in [-0.15, -0.1) is 0 Å². The summed E-state index contributed by atoms with van der Waals surface area (Å²) in [7, 11) is 0. The molecule has 1 amide bonds. The zero-order chi connectivity index (χ0) is 22.5. The summed E-state index contributed by atoms with van der Waals surface area (Å²) in [6, 6.07) is 2.20. The summed E-state index contributed by atoms with van der Waals surface area (Å²) < 4.78 is 21.7. The number of amides is 1. The molecule has 6 heteroatoms.